The van der Waals surface area contributed by atoms with Crippen molar-refractivity contribution in [2.75, 3.05) is 0 Å². The van der Waals surface area contributed by atoms with E-state index < -0.39 is 85.2 Å². The summed E-state index contributed by atoms with van der Waals surface area (Å²) in [4.78, 5) is 0. The molecule has 0 unspecified atom stereocenters. The minimum absolute atomic E-state index is 1.17. The molecule has 0 spiro atoms. The molecule has 35 heavy (non-hydrogen) atoms. The van der Waals surface area contributed by atoms with Crippen molar-refractivity contribution in [3.63, 3.8) is 0 Å². The third-order valence-electron chi connectivity index (χ3n) is 3.87. The first-order chi connectivity index (χ1) is 14.5. The van der Waals surface area contributed by atoms with Gasteiger partial charge in [-0.15, -0.1) is 0 Å². The first-order valence-corrected chi connectivity index (χ1v) is 8.49. The Morgan fingerprint density at radius 1 is 0.286 bits per heavy atom. The fourth-order valence-electron chi connectivity index (χ4n) is 1.74. The van der Waals surface area contributed by atoms with Crippen LogP contribution < -0.4 is 0 Å². The quantitative estimate of drug-likeness (QED) is 0.121. The maximum Gasteiger partial charge on any atom is 0.393 e. The average Bonchev–Trinajstić information content (AvgIpc) is 2.58. The predicted octanol–water partition coefficient (Wildman–Crippen LogP) is 8.56. The van der Waals surface area contributed by atoms with Gasteiger partial charge in [0.25, 0.3) is 0 Å². The molecule has 0 rings (SSSR count). The van der Waals surface area contributed by atoms with Crippen molar-refractivity contribution in [3.05, 3.63) is 0 Å². The third kappa shape index (κ3) is 4.14. The highest BCUT2D eigenvalue weighted by atomic mass is 127. The van der Waals surface area contributed by atoms with E-state index in [-0.39, 0.29) is 0 Å². The monoisotopic (exact) mass is 712 g/mol. The summed E-state index contributed by atoms with van der Waals surface area (Å²) >= 11 is 2.07. The molecular weight excluding hydrogens is 712 g/mol. The molecule has 0 saturated carbocycles. The van der Waals surface area contributed by atoms with Crippen LogP contribution in [-0.4, -0.2) is 62.6 Å². The average molecular weight is 712 g/mol. The molecule has 0 bridgehead atoms. The summed E-state index contributed by atoms with van der Waals surface area (Å²) in [5.41, 5.74) is 0. The largest absolute Gasteiger partial charge is 0.393 e. The SMILES string of the molecule is FC(F)(Cl)C(F)(F)C(F)(F)C(F)(F)C(F)(F)C(F)(F)C(F)(F)C(F)(F)C(F)(F)C(F)(F)C(F)(F)I. The first kappa shape index (κ1) is 34.5. The number of halogens is 24. The summed E-state index contributed by atoms with van der Waals surface area (Å²) < 4.78 is 280. The van der Waals surface area contributed by atoms with Crippen LogP contribution in [0, 0.1) is 0 Å². The van der Waals surface area contributed by atoms with E-state index in [0.29, 0.717) is 0 Å². The second-order valence-electron chi connectivity index (χ2n) is 6.17. The first-order valence-electron chi connectivity index (χ1n) is 7.04. The van der Waals surface area contributed by atoms with Crippen molar-refractivity contribution in [2.24, 2.45) is 0 Å². The van der Waals surface area contributed by atoms with Crippen molar-refractivity contribution in [1.29, 1.82) is 0 Å². The van der Waals surface area contributed by atoms with Gasteiger partial charge in [-0.1, -0.05) is 0 Å². The van der Waals surface area contributed by atoms with Gasteiger partial charge in [-0.05, 0) is 11.6 Å². The van der Waals surface area contributed by atoms with Crippen molar-refractivity contribution in [3.8, 4) is 0 Å². The molecule has 0 aromatic heterocycles. The van der Waals surface area contributed by atoms with Gasteiger partial charge < -0.3 is 0 Å². The van der Waals surface area contributed by atoms with E-state index in [9.17, 15) is 96.6 Å². The second-order valence-corrected chi connectivity index (χ2v) is 7.99. The van der Waals surface area contributed by atoms with E-state index in [1.165, 1.54) is 0 Å². The molecule has 0 aromatic rings. The number of alkyl halides is 24. The van der Waals surface area contributed by atoms with Crippen LogP contribution in [0.1, 0.15) is 0 Å². The molecule has 0 N–H and O–H groups in total. The van der Waals surface area contributed by atoms with Crippen LogP contribution in [0.25, 0.3) is 0 Å². The molecular formula is C11ClF22I. The number of hydrogen-bond donors (Lipinski definition) is 0. The number of hydrogen-bond acceptors (Lipinski definition) is 0. The Bertz CT molecular complexity index is 722. The molecule has 0 nitrogen and oxygen atoms in total. The lowest BCUT2D eigenvalue weighted by Crippen LogP contribution is -2.77. The van der Waals surface area contributed by atoms with Crippen LogP contribution in [0.4, 0.5) is 96.6 Å². The van der Waals surface area contributed by atoms with Crippen LogP contribution in [-0.2, 0) is 0 Å². The summed E-state index contributed by atoms with van der Waals surface area (Å²) in [6.45, 7) is 0. The van der Waals surface area contributed by atoms with Gasteiger partial charge >= 0.3 is 62.6 Å². The predicted molar refractivity (Wildman–Crippen MR) is 74.3 cm³/mol. The van der Waals surface area contributed by atoms with Gasteiger partial charge in [0.15, 0.2) is 0 Å². The molecule has 0 heterocycles. The molecule has 0 saturated heterocycles. The Morgan fingerprint density at radius 2 is 0.429 bits per heavy atom. The van der Waals surface area contributed by atoms with Gasteiger partial charge in [0.05, 0.1) is 0 Å². The van der Waals surface area contributed by atoms with E-state index in [4.69, 9.17) is 0 Å². The van der Waals surface area contributed by atoms with E-state index >= 15 is 0 Å². The van der Waals surface area contributed by atoms with Gasteiger partial charge in [0.2, 0.25) is 0 Å². The smallest absolute Gasteiger partial charge is 0.192 e. The third-order valence-corrected chi connectivity index (χ3v) is 4.78. The molecule has 0 aliphatic carbocycles. The zero-order valence-electron chi connectivity index (χ0n) is 14.6. The topological polar surface area (TPSA) is 0 Å². The zero-order valence-corrected chi connectivity index (χ0v) is 17.5. The summed E-state index contributed by atoms with van der Waals surface area (Å²) in [6, 6.07) is 0. The van der Waals surface area contributed by atoms with Crippen LogP contribution in [0.5, 0.6) is 0 Å². The Labute approximate surface area is 194 Å². The lowest BCUT2D eigenvalue weighted by atomic mass is 9.86. The molecule has 0 aliphatic heterocycles. The Balaban J connectivity index is 7.15. The lowest BCUT2D eigenvalue weighted by Gasteiger charge is -2.45. The van der Waals surface area contributed by atoms with Gasteiger partial charge in [-0.2, -0.15) is 96.6 Å². The second kappa shape index (κ2) is 8.24. The molecule has 0 atom stereocenters. The van der Waals surface area contributed by atoms with E-state index in [1.807, 2.05) is 0 Å². The fraction of sp³-hybridized carbons (Fsp3) is 1.00. The molecule has 0 aliphatic rings. The minimum atomic E-state index is -9.27. The molecule has 0 radical (unpaired) electrons. The van der Waals surface area contributed by atoms with Crippen molar-refractivity contribution in [2.45, 2.75) is 62.6 Å². The molecule has 212 valence electrons. The normalized spacial score (nSPS) is 17.1. The van der Waals surface area contributed by atoms with E-state index in [1.54, 1.807) is 0 Å². The maximum atomic E-state index is 13.4. The highest BCUT2D eigenvalue weighted by Gasteiger charge is 2.98. The van der Waals surface area contributed by atoms with Gasteiger partial charge in [0.1, 0.15) is 0 Å². The summed E-state index contributed by atoms with van der Waals surface area (Å²) in [7, 11) is 0. The van der Waals surface area contributed by atoms with Crippen LogP contribution in [0.15, 0.2) is 0 Å². The highest BCUT2D eigenvalue weighted by Crippen LogP contribution is 2.67. The van der Waals surface area contributed by atoms with Crippen molar-refractivity contribution >= 4 is 34.2 Å². The fourth-order valence-corrected chi connectivity index (χ4v) is 2.19. The van der Waals surface area contributed by atoms with E-state index in [2.05, 4.69) is 11.6 Å². The Kier molecular flexibility index (Phi) is 8.12. The van der Waals surface area contributed by atoms with Crippen LogP contribution >= 0.6 is 34.2 Å². The van der Waals surface area contributed by atoms with Crippen LogP contribution in [0.2, 0.25) is 0 Å². The van der Waals surface area contributed by atoms with Gasteiger partial charge in [-0.3, -0.25) is 0 Å². The van der Waals surface area contributed by atoms with Gasteiger partial charge in [0, 0.05) is 22.6 Å². The Morgan fingerprint density at radius 3 is 0.571 bits per heavy atom. The van der Waals surface area contributed by atoms with Crippen molar-refractivity contribution < 1.29 is 96.6 Å². The Hall–Kier alpha value is -0.520. The molecule has 0 aromatic carbocycles. The molecule has 24 heteroatoms. The molecule has 0 fully saturated rings. The zero-order chi connectivity index (χ0) is 29.5. The van der Waals surface area contributed by atoms with Crippen LogP contribution in [0.3, 0.4) is 0 Å². The molecule has 0 amide bonds. The van der Waals surface area contributed by atoms with Gasteiger partial charge in [-0.25, -0.2) is 0 Å². The summed E-state index contributed by atoms with van der Waals surface area (Å²) in [5.74, 6) is -79.0. The summed E-state index contributed by atoms with van der Waals surface area (Å²) in [5, 5.41) is -7.10. The maximum absolute atomic E-state index is 13.4. The minimum Gasteiger partial charge on any atom is -0.192 e. The lowest BCUT2D eigenvalue weighted by molar-refractivity contribution is -0.469. The van der Waals surface area contributed by atoms with Crippen molar-refractivity contribution in [1.82, 2.24) is 0 Å². The summed E-state index contributed by atoms with van der Waals surface area (Å²) in [6.07, 6.45) is 0. The van der Waals surface area contributed by atoms with E-state index in [0.717, 1.165) is 0 Å². The number of rotatable bonds is 10. The standard InChI is InChI=1S/C11ClF22I/c12-10(31,32)8(27,28)6(23,24)4(19,20)2(15,16)1(13,14)3(17,18)5(21,22)7(25,26)9(29,30)11(33,34)35. The highest BCUT2D eigenvalue weighted by molar-refractivity contribution is 14.1.